The summed E-state index contributed by atoms with van der Waals surface area (Å²) in [6.07, 6.45) is 2.27. The van der Waals surface area contributed by atoms with E-state index in [4.69, 9.17) is 4.74 Å². The largest absolute Gasteiger partial charge is 0.379 e. The molecule has 0 bridgehead atoms. The van der Waals surface area contributed by atoms with Gasteiger partial charge in [-0.1, -0.05) is 18.2 Å². The lowest BCUT2D eigenvalue weighted by Gasteiger charge is -2.34. The number of hydrogen-bond acceptors (Lipinski definition) is 6. The van der Waals surface area contributed by atoms with E-state index in [-0.39, 0.29) is 5.91 Å². The van der Waals surface area contributed by atoms with Crippen molar-refractivity contribution in [2.45, 2.75) is 25.4 Å². The first kappa shape index (κ1) is 23.3. The number of thiophene rings is 1. The molecule has 0 atom stereocenters. The lowest BCUT2D eigenvalue weighted by atomic mass is 10.0. The second-order valence-electron chi connectivity index (χ2n) is 9.15. The molecule has 7 heteroatoms. The van der Waals surface area contributed by atoms with E-state index in [1.807, 2.05) is 23.5 Å². The molecule has 1 amide bonds. The number of piperidine rings is 1. The standard InChI is InChI=1S/C27H34N4O2S/c32-27(28-11-14-30-15-17-33-18-16-30)21-5-7-24(8-6-21)31-12-9-23(10-13-31)29-20-25-19-22-3-1-2-4-26(22)34-25/h1-8,19,23,29H,9-18,20H2,(H,28,32). The minimum Gasteiger partial charge on any atom is -0.379 e. The molecule has 3 heterocycles. The van der Waals surface area contributed by atoms with Crippen LogP contribution in [0.2, 0.25) is 0 Å². The summed E-state index contributed by atoms with van der Waals surface area (Å²) in [6, 6.07) is 19.5. The number of benzene rings is 2. The van der Waals surface area contributed by atoms with Crippen LogP contribution in [0.25, 0.3) is 10.1 Å². The summed E-state index contributed by atoms with van der Waals surface area (Å²) < 4.78 is 6.73. The highest BCUT2D eigenvalue weighted by Crippen LogP contribution is 2.26. The smallest absolute Gasteiger partial charge is 0.251 e. The Morgan fingerprint density at radius 2 is 1.76 bits per heavy atom. The monoisotopic (exact) mass is 478 g/mol. The van der Waals surface area contributed by atoms with Gasteiger partial charge in [-0.2, -0.15) is 0 Å². The van der Waals surface area contributed by atoms with E-state index in [1.54, 1.807) is 0 Å². The van der Waals surface area contributed by atoms with Crippen LogP contribution in [-0.2, 0) is 11.3 Å². The average Bonchev–Trinajstić information content (AvgIpc) is 3.32. The number of anilines is 1. The van der Waals surface area contributed by atoms with Gasteiger partial charge < -0.3 is 20.3 Å². The third-order valence-corrected chi connectivity index (χ3v) is 7.96. The van der Waals surface area contributed by atoms with Crippen molar-refractivity contribution in [1.82, 2.24) is 15.5 Å². The summed E-state index contributed by atoms with van der Waals surface area (Å²) in [7, 11) is 0. The Morgan fingerprint density at radius 1 is 1.00 bits per heavy atom. The number of nitrogens with zero attached hydrogens (tertiary/aromatic N) is 2. The molecule has 2 fully saturated rings. The Bertz CT molecular complexity index is 1040. The Balaban J connectivity index is 1.04. The molecule has 0 aliphatic carbocycles. The molecule has 180 valence electrons. The first-order valence-electron chi connectivity index (χ1n) is 12.4. The number of ether oxygens (including phenoxy) is 1. The molecule has 2 aromatic carbocycles. The van der Waals surface area contributed by atoms with Crippen molar-refractivity contribution < 1.29 is 9.53 Å². The molecule has 2 saturated heterocycles. The molecule has 2 aliphatic heterocycles. The quantitative estimate of drug-likeness (QED) is 0.517. The van der Waals surface area contributed by atoms with Crippen LogP contribution in [-0.4, -0.2) is 69.3 Å². The minimum atomic E-state index is 0.00366. The fraction of sp³-hybridized carbons (Fsp3) is 0.444. The van der Waals surface area contributed by atoms with Crippen molar-refractivity contribution in [3.05, 3.63) is 65.0 Å². The second kappa shape index (κ2) is 11.3. The zero-order chi connectivity index (χ0) is 23.2. The summed E-state index contributed by atoms with van der Waals surface area (Å²) in [5.74, 6) is 0.00366. The molecular formula is C27H34N4O2S. The maximum atomic E-state index is 12.5. The normalized spacial score (nSPS) is 17.8. The van der Waals surface area contributed by atoms with Crippen LogP contribution in [0.4, 0.5) is 5.69 Å². The first-order chi connectivity index (χ1) is 16.7. The molecule has 3 aromatic rings. The summed E-state index contributed by atoms with van der Waals surface area (Å²) in [5, 5.41) is 8.14. The van der Waals surface area contributed by atoms with Gasteiger partial charge in [-0.15, -0.1) is 11.3 Å². The predicted molar refractivity (Wildman–Crippen MR) is 140 cm³/mol. The summed E-state index contributed by atoms with van der Waals surface area (Å²) in [5.41, 5.74) is 1.93. The van der Waals surface area contributed by atoms with E-state index >= 15 is 0 Å². The van der Waals surface area contributed by atoms with Crippen LogP contribution < -0.4 is 15.5 Å². The number of hydrogen-bond donors (Lipinski definition) is 2. The summed E-state index contributed by atoms with van der Waals surface area (Å²) >= 11 is 1.89. The lowest BCUT2D eigenvalue weighted by Crippen LogP contribution is -2.42. The van der Waals surface area contributed by atoms with Crippen LogP contribution >= 0.6 is 11.3 Å². The third kappa shape index (κ3) is 5.96. The fourth-order valence-electron chi connectivity index (χ4n) is 4.79. The van der Waals surface area contributed by atoms with E-state index in [2.05, 4.69) is 62.9 Å². The number of fused-ring (bicyclic) bond motifs is 1. The fourth-order valence-corrected chi connectivity index (χ4v) is 5.80. The number of carbonyl (C=O) groups is 1. The van der Waals surface area contributed by atoms with Gasteiger partial charge in [0.2, 0.25) is 0 Å². The van der Waals surface area contributed by atoms with Crippen molar-refractivity contribution in [2.24, 2.45) is 0 Å². The second-order valence-corrected chi connectivity index (χ2v) is 10.3. The van der Waals surface area contributed by atoms with Crippen molar-refractivity contribution in [3.8, 4) is 0 Å². The zero-order valence-corrected chi connectivity index (χ0v) is 20.5. The molecule has 0 radical (unpaired) electrons. The van der Waals surface area contributed by atoms with Gasteiger partial charge in [0, 0.05) is 72.7 Å². The van der Waals surface area contributed by atoms with Crippen molar-refractivity contribution >= 4 is 33.0 Å². The molecule has 5 rings (SSSR count). The van der Waals surface area contributed by atoms with E-state index in [0.717, 1.165) is 70.9 Å². The van der Waals surface area contributed by atoms with Crippen molar-refractivity contribution in [3.63, 3.8) is 0 Å². The highest BCUT2D eigenvalue weighted by molar-refractivity contribution is 7.19. The molecule has 2 N–H and O–H groups in total. The summed E-state index contributed by atoms with van der Waals surface area (Å²) in [6.45, 7) is 8.03. The molecule has 0 unspecified atom stereocenters. The Kier molecular flexibility index (Phi) is 7.76. The highest BCUT2D eigenvalue weighted by Gasteiger charge is 2.20. The van der Waals surface area contributed by atoms with Gasteiger partial charge in [0.05, 0.1) is 13.2 Å². The van der Waals surface area contributed by atoms with Crippen molar-refractivity contribution in [1.29, 1.82) is 0 Å². The number of carbonyl (C=O) groups excluding carboxylic acids is 1. The number of amides is 1. The topological polar surface area (TPSA) is 56.8 Å². The van der Waals surface area contributed by atoms with Crippen LogP contribution in [0.5, 0.6) is 0 Å². The SMILES string of the molecule is O=C(NCCN1CCOCC1)c1ccc(N2CCC(NCc3cc4ccccc4s3)CC2)cc1. The van der Waals surface area contributed by atoms with Gasteiger partial charge in [-0.25, -0.2) is 0 Å². The Morgan fingerprint density at radius 3 is 2.53 bits per heavy atom. The first-order valence-corrected chi connectivity index (χ1v) is 13.2. The van der Waals surface area contributed by atoms with E-state index < -0.39 is 0 Å². The van der Waals surface area contributed by atoms with Crippen LogP contribution in [0.1, 0.15) is 28.1 Å². The maximum absolute atomic E-state index is 12.5. The molecule has 0 spiro atoms. The minimum absolute atomic E-state index is 0.00366. The van der Waals surface area contributed by atoms with E-state index in [9.17, 15) is 4.79 Å². The van der Waals surface area contributed by atoms with Gasteiger partial charge in [0.1, 0.15) is 0 Å². The summed E-state index contributed by atoms with van der Waals surface area (Å²) in [4.78, 5) is 18.6. The number of nitrogens with one attached hydrogen (secondary N) is 2. The predicted octanol–water partition coefficient (Wildman–Crippen LogP) is 3.72. The number of rotatable bonds is 8. The van der Waals surface area contributed by atoms with E-state index in [0.29, 0.717) is 12.6 Å². The zero-order valence-electron chi connectivity index (χ0n) is 19.7. The van der Waals surface area contributed by atoms with Crippen LogP contribution in [0.3, 0.4) is 0 Å². The molecule has 1 aromatic heterocycles. The average molecular weight is 479 g/mol. The van der Waals surface area contributed by atoms with Crippen LogP contribution in [0.15, 0.2) is 54.6 Å². The Hall–Kier alpha value is -2.45. The number of morpholine rings is 1. The van der Waals surface area contributed by atoms with Crippen LogP contribution in [0, 0.1) is 0 Å². The third-order valence-electron chi connectivity index (χ3n) is 6.85. The molecular weight excluding hydrogens is 444 g/mol. The molecule has 0 saturated carbocycles. The molecule has 34 heavy (non-hydrogen) atoms. The maximum Gasteiger partial charge on any atom is 0.251 e. The Labute approximate surface area is 205 Å². The van der Waals surface area contributed by atoms with Gasteiger partial charge >= 0.3 is 0 Å². The van der Waals surface area contributed by atoms with Gasteiger partial charge in [0.15, 0.2) is 0 Å². The molecule has 6 nitrogen and oxygen atoms in total. The van der Waals surface area contributed by atoms with Gasteiger partial charge in [0.25, 0.3) is 5.91 Å². The molecule has 2 aliphatic rings. The van der Waals surface area contributed by atoms with Crippen molar-refractivity contribution in [2.75, 3.05) is 57.4 Å². The van der Waals surface area contributed by atoms with E-state index in [1.165, 1.54) is 20.7 Å². The lowest BCUT2D eigenvalue weighted by molar-refractivity contribution is 0.0383. The van der Waals surface area contributed by atoms with Gasteiger partial charge in [-0.05, 0) is 54.6 Å². The highest BCUT2D eigenvalue weighted by atomic mass is 32.1. The van der Waals surface area contributed by atoms with Gasteiger partial charge in [-0.3, -0.25) is 9.69 Å².